The molecule has 0 bridgehead atoms. The molecule has 0 spiro atoms. The van der Waals surface area contributed by atoms with E-state index in [1.54, 1.807) is 6.92 Å². The SMILES string of the molecule is CCOC(=O)/C=C(\O[Si](C)(C)C(C)(C)C)c1ccccc1. The van der Waals surface area contributed by atoms with Gasteiger partial charge in [-0.3, -0.25) is 0 Å². The zero-order valence-corrected chi connectivity index (χ0v) is 14.9. The van der Waals surface area contributed by atoms with Crippen molar-refractivity contribution >= 4 is 20.0 Å². The summed E-state index contributed by atoms with van der Waals surface area (Å²) < 4.78 is 11.3. The lowest BCUT2D eigenvalue weighted by Crippen LogP contribution is -2.40. The highest BCUT2D eigenvalue weighted by Gasteiger charge is 2.39. The largest absolute Gasteiger partial charge is 0.543 e. The van der Waals surface area contributed by atoms with E-state index in [9.17, 15) is 4.79 Å². The molecule has 0 aliphatic carbocycles. The second-order valence-electron chi connectivity index (χ2n) is 6.49. The predicted molar refractivity (Wildman–Crippen MR) is 89.3 cm³/mol. The van der Waals surface area contributed by atoms with Crippen molar-refractivity contribution < 1.29 is 14.0 Å². The number of hydrogen-bond donors (Lipinski definition) is 0. The molecule has 1 rings (SSSR count). The van der Waals surface area contributed by atoms with Crippen LogP contribution in [0.25, 0.3) is 5.76 Å². The van der Waals surface area contributed by atoms with Gasteiger partial charge in [0.05, 0.1) is 12.7 Å². The summed E-state index contributed by atoms with van der Waals surface area (Å²) in [7, 11) is -2.02. The first-order valence-electron chi connectivity index (χ1n) is 7.30. The maximum atomic E-state index is 11.8. The van der Waals surface area contributed by atoms with Crippen molar-refractivity contribution in [2.24, 2.45) is 0 Å². The molecule has 0 aliphatic rings. The first-order valence-corrected chi connectivity index (χ1v) is 10.2. The van der Waals surface area contributed by atoms with Crippen LogP contribution in [0.3, 0.4) is 0 Å². The Morgan fingerprint density at radius 3 is 2.24 bits per heavy atom. The molecule has 0 atom stereocenters. The highest BCUT2D eigenvalue weighted by molar-refractivity contribution is 6.74. The van der Waals surface area contributed by atoms with E-state index in [0.717, 1.165) is 5.56 Å². The highest BCUT2D eigenvalue weighted by Crippen LogP contribution is 2.39. The van der Waals surface area contributed by atoms with Gasteiger partial charge in [-0.25, -0.2) is 4.79 Å². The zero-order valence-electron chi connectivity index (χ0n) is 13.9. The summed E-state index contributed by atoms with van der Waals surface area (Å²) >= 11 is 0. The minimum Gasteiger partial charge on any atom is -0.543 e. The summed E-state index contributed by atoms with van der Waals surface area (Å²) in [4.78, 5) is 11.8. The molecule has 0 amide bonds. The van der Waals surface area contributed by atoms with Gasteiger partial charge in [-0.2, -0.15) is 0 Å². The van der Waals surface area contributed by atoms with Crippen LogP contribution in [0.15, 0.2) is 36.4 Å². The van der Waals surface area contributed by atoms with Crippen molar-refractivity contribution in [1.29, 1.82) is 0 Å². The van der Waals surface area contributed by atoms with Gasteiger partial charge in [0.25, 0.3) is 8.32 Å². The van der Waals surface area contributed by atoms with Gasteiger partial charge in [0, 0.05) is 5.56 Å². The van der Waals surface area contributed by atoms with Gasteiger partial charge < -0.3 is 9.16 Å². The minimum atomic E-state index is -2.02. The number of benzene rings is 1. The first-order chi connectivity index (χ1) is 9.67. The van der Waals surface area contributed by atoms with E-state index in [1.807, 2.05) is 30.3 Å². The number of carbonyl (C=O) groups excluding carboxylic acids is 1. The maximum Gasteiger partial charge on any atom is 0.334 e. The molecule has 116 valence electrons. The zero-order chi connectivity index (χ0) is 16.1. The Labute approximate surface area is 129 Å². The molecule has 0 aromatic heterocycles. The highest BCUT2D eigenvalue weighted by atomic mass is 28.4. The average Bonchev–Trinajstić information content (AvgIpc) is 2.37. The van der Waals surface area contributed by atoms with Crippen LogP contribution in [-0.2, 0) is 14.0 Å². The Morgan fingerprint density at radius 1 is 1.19 bits per heavy atom. The van der Waals surface area contributed by atoms with Crippen LogP contribution in [0.1, 0.15) is 33.3 Å². The quantitative estimate of drug-likeness (QED) is 0.345. The van der Waals surface area contributed by atoms with Crippen LogP contribution in [0.5, 0.6) is 0 Å². The molecule has 1 aromatic carbocycles. The van der Waals surface area contributed by atoms with Crippen LogP contribution in [0, 0.1) is 0 Å². The van der Waals surface area contributed by atoms with E-state index in [1.165, 1.54) is 6.08 Å². The van der Waals surface area contributed by atoms with Crippen molar-refractivity contribution in [1.82, 2.24) is 0 Å². The van der Waals surface area contributed by atoms with Gasteiger partial charge >= 0.3 is 5.97 Å². The molecule has 0 N–H and O–H groups in total. The summed E-state index contributed by atoms with van der Waals surface area (Å²) in [5, 5.41) is 0.0650. The molecule has 4 heteroatoms. The third kappa shape index (κ3) is 5.05. The standard InChI is InChI=1S/C17H26O3Si/c1-7-19-16(18)13-15(14-11-9-8-10-12-14)20-21(5,6)17(2,3)4/h8-13H,7H2,1-6H3/b15-13-. The van der Waals surface area contributed by atoms with E-state index in [4.69, 9.17) is 9.16 Å². The Kier molecular flexibility index (Phi) is 5.78. The van der Waals surface area contributed by atoms with Crippen molar-refractivity contribution in [2.75, 3.05) is 6.61 Å². The fourth-order valence-corrected chi connectivity index (χ4v) is 2.53. The Morgan fingerprint density at radius 2 is 1.76 bits per heavy atom. The van der Waals surface area contributed by atoms with E-state index >= 15 is 0 Å². The van der Waals surface area contributed by atoms with Crippen LogP contribution in [0.2, 0.25) is 18.1 Å². The van der Waals surface area contributed by atoms with Crippen LogP contribution < -0.4 is 0 Å². The minimum absolute atomic E-state index is 0.0650. The molecular formula is C17H26O3Si. The molecule has 0 unspecified atom stereocenters. The van der Waals surface area contributed by atoms with Gasteiger partial charge in [0.15, 0.2) is 0 Å². The molecule has 0 saturated carbocycles. The van der Waals surface area contributed by atoms with Gasteiger partial charge in [0.2, 0.25) is 0 Å². The molecule has 3 nitrogen and oxygen atoms in total. The number of carbonyl (C=O) groups is 1. The smallest absolute Gasteiger partial charge is 0.334 e. The lowest BCUT2D eigenvalue weighted by atomic mass is 10.2. The monoisotopic (exact) mass is 306 g/mol. The maximum absolute atomic E-state index is 11.8. The summed E-state index contributed by atoms with van der Waals surface area (Å²) in [6, 6.07) is 9.70. The molecule has 0 radical (unpaired) electrons. The summed E-state index contributed by atoms with van der Waals surface area (Å²) in [6.45, 7) is 13.0. The number of ether oxygens (including phenoxy) is 1. The second-order valence-corrected chi connectivity index (χ2v) is 11.2. The third-order valence-corrected chi connectivity index (χ3v) is 8.11. The van der Waals surface area contributed by atoms with E-state index < -0.39 is 8.32 Å². The number of rotatable bonds is 5. The third-order valence-electron chi connectivity index (χ3n) is 3.77. The molecular weight excluding hydrogens is 280 g/mol. The topological polar surface area (TPSA) is 35.5 Å². The van der Waals surface area contributed by atoms with Crippen molar-refractivity contribution in [3.8, 4) is 0 Å². The van der Waals surface area contributed by atoms with E-state index in [2.05, 4.69) is 33.9 Å². The fourth-order valence-electron chi connectivity index (χ4n) is 1.49. The Bertz CT molecular complexity index is 499. The number of hydrogen-bond acceptors (Lipinski definition) is 3. The molecule has 0 saturated heterocycles. The van der Waals surface area contributed by atoms with E-state index in [0.29, 0.717) is 12.4 Å². The summed E-state index contributed by atoms with van der Waals surface area (Å²) in [5.74, 6) is 0.232. The summed E-state index contributed by atoms with van der Waals surface area (Å²) in [6.07, 6.45) is 1.46. The van der Waals surface area contributed by atoms with Crippen LogP contribution in [-0.4, -0.2) is 20.9 Å². The first kappa shape index (κ1) is 17.5. The number of esters is 1. The lowest BCUT2D eigenvalue weighted by molar-refractivity contribution is -0.137. The molecule has 0 heterocycles. The van der Waals surface area contributed by atoms with Crippen LogP contribution in [0.4, 0.5) is 0 Å². The fraction of sp³-hybridized carbons (Fsp3) is 0.471. The normalized spacial score (nSPS) is 13.0. The van der Waals surface area contributed by atoms with Crippen LogP contribution >= 0.6 is 0 Å². The lowest BCUT2D eigenvalue weighted by Gasteiger charge is -2.37. The molecule has 1 aromatic rings. The Balaban J connectivity index is 3.13. The predicted octanol–water partition coefficient (Wildman–Crippen LogP) is 4.61. The Hall–Kier alpha value is -1.55. The van der Waals surface area contributed by atoms with Crippen molar-refractivity contribution in [3.63, 3.8) is 0 Å². The van der Waals surface area contributed by atoms with Gasteiger partial charge in [-0.1, -0.05) is 51.1 Å². The molecule has 21 heavy (non-hydrogen) atoms. The average molecular weight is 306 g/mol. The summed E-state index contributed by atoms with van der Waals surface area (Å²) in [5.41, 5.74) is 0.898. The van der Waals surface area contributed by atoms with Gasteiger partial charge in [-0.15, -0.1) is 0 Å². The molecule has 0 fully saturated rings. The molecule has 0 aliphatic heterocycles. The van der Waals surface area contributed by atoms with Gasteiger partial charge in [-0.05, 0) is 25.1 Å². The van der Waals surface area contributed by atoms with Crippen molar-refractivity contribution in [2.45, 2.75) is 45.8 Å². The van der Waals surface area contributed by atoms with Crippen molar-refractivity contribution in [3.05, 3.63) is 42.0 Å². The van der Waals surface area contributed by atoms with Gasteiger partial charge in [0.1, 0.15) is 5.76 Å². The van der Waals surface area contributed by atoms with E-state index in [-0.39, 0.29) is 11.0 Å². The second kappa shape index (κ2) is 6.94.